The summed E-state index contributed by atoms with van der Waals surface area (Å²) in [6, 6.07) is 8.67. The van der Waals surface area contributed by atoms with Gasteiger partial charge in [0.15, 0.2) is 23.0 Å². The van der Waals surface area contributed by atoms with E-state index in [0.717, 1.165) is 35.2 Å². The van der Waals surface area contributed by atoms with Crippen molar-refractivity contribution in [2.24, 2.45) is 0 Å². The van der Waals surface area contributed by atoms with Crippen LogP contribution in [-0.4, -0.2) is 102 Å². The van der Waals surface area contributed by atoms with Crippen molar-refractivity contribution < 1.29 is 39.1 Å². The second-order valence-corrected chi connectivity index (χ2v) is 14.9. The average molecular weight is 708 g/mol. The number of carbonyl (C=O) groups excluding carboxylic acids is 1. The molecule has 0 spiro atoms. The minimum Gasteiger partial charge on any atom is -0.508 e. The maximum atomic E-state index is 12.8. The van der Waals surface area contributed by atoms with Crippen molar-refractivity contribution in [2.45, 2.75) is 70.5 Å². The number of rotatable bonds is 10. The van der Waals surface area contributed by atoms with Crippen LogP contribution in [0.25, 0.3) is 0 Å². The van der Waals surface area contributed by atoms with E-state index in [1.165, 1.54) is 12.5 Å². The fourth-order valence-electron chi connectivity index (χ4n) is 8.00. The maximum absolute atomic E-state index is 12.8. The zero-order valence-corrected chi connectivity index (χ0v) is 31.0. The standard InChI is InChI=1S/C38H49N3O8S/c1-20-9-11-28(33(45)34(20)46-8)31-32(41(18-40(31)7)21(2)16-42)38(50-17-29-27-12-10-26(44)15-25(27)13-14-39(29)6)30-22(3)36-37(48-19-47-36)23(4)35(30)49-24(5)43/h9-12,15,21,29,31-32,38,42,44-45H,13-14,16-19H2,1-8H3. The quantitative estimate of drug-likeness (QED) is 0.185. The van der Waals surface area contributed by atoms with Crippen LogP contribution >= 0.6 is 11.8 Å². The molecular formula is C38H49N3O8S. The van der Waals surface area contributed by atoms with Gasteiger partial charge in [0.2, 0.25) is 6.79 Å². The van der Waals surface area contributed by atoms with Crippen LogP contribution in [0.15, 0.2) is 30.3 Å². The van der Waals surface area contributed by atoms with Crippen molar-refractivity contribution in [1.82, 2.24) is 14.7 Å². The number of phenolic OH excluding ortho intramolecular Hbond substituents is 2. The van der Waals surface area contributed by atoms with Gasteiger partial charge in [0, 0.05) is 59.6 Å². The molecule has 0 bridgehead atoms. The molecule has 1 fully saturated rings. The van der Waals surface area contributed by atoms with Gasteiger partial charge in [-0.1, -0.05) is 18.2 Å². The number of hydrogen-bond donors (Lipinski definition) is 3. The van der Waals surface area contributed by atoms with Gasteiger partial charge in [-0.05, 0) is 77.0 Å². The lowest BCUT2D eigenvalue weighted by molar-refractivity contribution is -0.132. The summed E-state index contributed by atoms with van der Waals surface area (Å²) in [6.45, 7) is 10.5. The molecule has 3 N–H and O–H groups in total. The van der Waals surface area contributed by atoms with Gasteiger partial charge in [0.05, 0.1) is 31.7 Å². The van der Waals surface area contributed by atoms with E-state index in [0.29, 0.717) is 46.5 Å². The molecule has 5 atom stereocenters. The number of thioether (sulfide) groups is 1. The normalized spacial score (nSPS) is 22.0. The second-order valence-electron chi connectivity index (χ2n) is 13.8. The molecule has 50 heavy (non-hydrogen) atoms. The number of carbonyl (C=O) groups is 1. The van der Waals surface area contributed by atoms with Crippen molar-refractivity contribution in [3.8, 4) is 34.5 Å². The van der Waals surface area contributed by atoms with Crippen LogP contribution in [0.5, 0.6) is 34.5 Å². The summed E-state index contributed by atoms with van der Waals surface area (Å²) in [5.74, 6) is 2.61. The SMILES string of the molecule is COc1c(C)ccc(C2C(C(SCC3c4ccc(O)cc4CCN3C)c3c(C)c4c(c(C)c3OC(C)=O)OCO4)N(C(C)CO)CN2C)c1O. The predicted molar refractivity (Wildman–Crippen MR) is 193 cm³/mol. The number of methoxy groups -OCH3 is 1. The molecule has 3 aliphatic rings. The molecule has 5 unspecified atom stereocenters. The van der Waals surface area contributed by atoms with Gasteiger partial charge >= 0.3 is 5.97 Å². The molecule has 0 radical (unpaired) electrons. The van der Waals surface area contributed by atoms with E-state index in [1.54, 1.807) is 24.9 Å². The minimum atomic E-state index is -0.446. The monoisotopic (exact) mass is 707 g/mol. The van der Waals surface area contributed by atoms with Gasteiger partial charge < -0.3 is 34.3 Å². The molecule has 11 nitrogen and oxygen atoms in total. The van der Waals surface area contributed by atoms with Crippen LogP contribution in [0.1, 0.15) is 70.1 Å². The third-order valence-corrected chi connectivity index (χ3v) is 12.0. The fourth-order valence-corrected chi connectivity index (χ4v) is 9.78. The Bertz CT molecular complexity index is 1770. The molecule has 6 rings (SSSR count). The van der Waals surface area contributed by atoms with Crippen molar-refractivity contribution in [2.75, 3.05) is 53.6 Å². The van der Waals surface area contributed by atoms with Crippen LogP contribution in [0.3, 0.4) is 0 Å². The largest absolute Gasteiger partial charge is 0.508 e. The summed E-state index contributed by atoms with van der Waals surface area (Å²) >= 11 is 1.76. The van der Waals surface area contributed by atoms with Crippen molar-refractivity contribution >= 4 is 17.7 Å². The summed E-state index contributed by atoms with van der Waals surface area (Å²) in [7, 11) is 5.71. The topological polar surface area (TPSA) is 124 Å². The number of likely N-dealkylation sites (N-methyl/N-ethyl adjacent to an activating group) is 2. The van der Waals surface area contributed by atoms with E-state index in [9.17, 15) is 20.1 Å². The highest BCUT2D eigenvalue weighted by Gasteiger charge is 2.49. The first-order chi connectivity index (χ1) is 23.9. The van der Waals surface area contributed by atoms with Crippen LogP contribution in [0.4, 0.5) is 0 Å². The average Bonchev–Trinajstić information content (AvgIpc) is 3.71. The second kappa shape index (κ2) is 14.5. The molecule has 0 aliphatic carbocycles. The first kappa shape index (κ1) is 36.1. The lowest BCUT2D eigenvalue weighted by Gasteiger charge is -2.40. The van der Waals surface area contributed by atoms with Crippen LogP contribution in [0.2, 0.25) is 0 Å². The number of aliphatic hydroxyl groups excluding tert-OH is 1. The third-order valence-electron chi connectivity index (χ3n) is 10.6. The summed E-state index contributed by atoms with van der Waals surface area (Å²) < 4.78 is 23.7. The van der Waals surface area contributed by atoms with Gasteiger partial charge in [0.25, 0.3) is 0 Å². The van der Waals surface area contributed by atoms with Gasteiger partial charge in [-0.2, -0.15) is 0 Å². The molecule has 270 valence electrons. The van der Waals surface area contributed by atoms with Gasteiger partial charge in [0.1, 0.15) is 11.5 Å². The highest BCUT2D eigenvalue weighted by Crippen LogP contribution is 2.57. The Morgan fingerprint density at radius 3 is 2.40 bits per heavy atom. The number of aromatic hydroxyl groups is 2. The van der Waals surface area contributed by atoms with Gasteiger partial charge in [-0.25, -0.2) is 0 Å². The Balaban J connectivity index is 1.58. The number of hydrogen-bond acceptors (Lipinski definition) is 12. The molecule has 0 amide bonds. The van der Waals surface area contributed by atoms with E-state index in [-0.39, 0.29) is 54.3 Å². The van der Waals surface area contributed by atoms with Crippen molar-refractivity contribution in [3.63, 3.8) is 0 Å². The fraction of sp³-hybridized carbons (Fsp3) is 0.500. The summed E-state index contributed by atoms with van der Waals surface area (Å²) in [5.41, 5.74) is 6.14. The maximum Gasteiger partial charge on any atom is 0.308 e. The lowest BCUT2D eigenvalue weighted by atomic mass is 9.88. The zero-order valence-electron chi connectivity index (χ0n) is 30.1. The highest BCUT2D eigenvalue weighted by atomic mass is 32.2. The Hall–Kier alpha value is -3.68. The van der Waals surface area contributed by atoms with E-state index < -0.39 is 5.97 Å². The van der Waals surface area contributed by atoms with Crippen LogP contribution in [0, 0.1) is 20.8 Å². The number of fused-ring (bicyclic) bond motifs is 2. The molecule has 3 aromatic carbocycles. The summed E-state index contributed by atoms with van der Waals surface area (Å²) in [6.07, 6.45) is 0.841. The number of esters is 1. The molecule has 1 saturated heterocycles. The number of aliphatic hydroxyl groups is 1. The molecule has 0 saturated carbocycles. The first-order valence-electron chi connectivity index (χ1n) is 17.1. The number of phenols is 2. The highest BCUT2D eigenvalue weighted by molar-refractivity contribution is 7.99. The predicted octanol–water partition coefficient (Wildman–Crippen LogP) is 5.38. The summed E-state index contributed by atoms with van der Waals surface area (Å²) in [4.78, 5) is 19.6. The zero-order chi connectivity index (χ0) is 36.0. The Morgan fingerprint density at radius 1 is 1.02 bits per heavy atom. The third kappa shape index (κ3) is 6.36. The number of aryl methyl sites for hydroxylation is 1. The molecule has 3 heterocycles. The molecule has 3 aliphatic heterocycles. The Morgan fingerprint density at radius 2 is 1.72 bits per heavy atom. The van der Waals surface area contributed by atoms with Crippen molar-refractivity contribution in [3.05, 3.63) is 69.3 Å². The minimum absolute atomic E-state index is 0.0357. The van der Waals surface area contributed by atoms with E-state index in [2.05, 4.69) is 21.7 Å². The van der Waals surface area contributed by atoms with Crippen LogP contribution in [-0.2, 0) is 11.2 Å². The molecule has 12 heteroatoms. The first-order valence-corrected chi connectivity index (χ1v) is 18.1. The summed E-state index contributed by atoms with van der Waals surface area (Å²) in [5, 5.41) is 32.3. The Labute approximate surface area is 298 Å². The molecule has 3 aromatic rings. The number of benzene rings is 3. The van der Waals surface area contributed by atoms with E-state index >= 15 is 0 Å². The van der Waals surface area contributed by atoms with Crippen molar-refractivity contribution in [1.29, 1.82) is 0 Å². The smallest absolute Gasteiger partial charge is 0.308 e. The lowest BCUT2D eigenvalue weighted by Crippen LogP contribution is -2.44. The van der Waals surface area contributed by atoms with Crippen LogP contribution < -0.4 is 18.9 Å². The van der Waals surface area contributed by atoms with E-state index in [4.69, 9.17) is 18.9 Å². The number of ether oxygens (including phenoxy) is 4. The van der Waals surface area contributed by atoms with Gasteiger partial charge in [-0.15, -0.1) is 11.8 Å². The number of nitrogens with zero attached hydrogens (tertiary/aromatic N) is 3. The molecular weight excluding hydrogens is 658 g/mol. The molecule has 0 aromatic heterocycles. The van der Waals surface area contributed by atoms with E-state index in [1.807, 2.05) is 59.0 Å². The Kier molecular flexibility index (Phi) is 10.5. The van der Waals surface area contributed by atoms with Gasteiger partial charge in [-0.3, -0.25) is 19.5 Å².